The molecule has 0 aromatic carbocycles. The summed E-state index contributed by atoms with van der Waals surface area (Å²) in [5, 5.41) is 9.19. The molecule has 0 saturated carbocycles. The van der Waals surface area contributed by atoms with Gasteiger partial charge < -0.3 is 19.0 Å². The zero-order valence-electron chi connectivity index (χ0n) is 14.2. The van der Waals surface area contributed by atoms with E-state index in [9.17, 15) is 0 Å². The summed E-state index contributed by atoms with van der Waals surface area (Å²) in [7, 11) is -1.76. The molecule has 4 nitrogen and oxygen atoms in total. The molecule has 20 heavy (non-hydrogen) atoms. The van der Waals surface area contributed by atoms with E-state index in [-0.39, 0.29) is 23.9 Å². The Morgan fingerprint density at radius 2 is 1.70 bits per heavy atom. The van der Waals surface area contributed by atoms with Gasteiger partial charge in [0.2, 0.25) is 0 Å². The highest BCUT2D eigenvalue weighted by Crippen LogP contribution is 2.38. The van der Waals surface area contributed by atoms with Crippen molar-refractivity contribution in [3.63, 3.8) is 0 Å². The molecule has 1 rings (SSSR count). The molecule has 5 heteroatoms. The Balaban J connectivity index is 2.60. The lowest BCUT2D eigenvalue weighted by Crippen LogP contribution is -2.44. The number of hydrogen-bond donors (Lipinski definition) is 1. The molecule has 1 aliphatic rings. The van der Waals surface area contributed by atoms with Crippen LogP contribution in [0.3, 0.4) is 0 Å². The molecule has 0 aliphatic carbocycles. The fourth-order valence-electron chi connectivity index (χ4n) is 2.09. The second kappa shape index (κ2) is 6.44. The third-order valence-corrected chi connectivity index (χ3v) is 8.85. The molecule has 1 N–H and O–H groups in total. The van der Waals surface area contributed by atoms with E-state index in [4.69, 9.17) is 19.0 Å². The largest absolute Gasteiger partial charge is 0.414 e. The third-order valence-electron chi connectivity index (χ3n) is 4.35. The molecule has 1 aliphatic heterocycles. The monoisotopic (exact) mass is 304 g/mol. The first-order valence-corrected chi connectivity index (χ1v) is 10.5. The predicted molar refractivity (Wildman–Crippen MR) is 83.3 cm³/mol. The van der Waals surface area contributed by atoms with Crippen molar-refractivity contribution in [2.75, 3.05) is 13.2 Å². The molecule has 0 radical (unpaired) electrons. The fourth-order valence-corrected chi connectivity index (χ4v) is 3.11. The maximum absolute atomic E-state index is 8.99. The summed E-state index contributed by atoms with van der Waals surface area (Å²) in [6, 6.07) is 0. The van der Waals surface area contributed by atoms with Gasteiger partial charge in [0.1, 0.15) is 6.10 Å². The smallest absolute Gasteiger partial charge is 0.192 e. The predicted octanol–water partition coefficient (Wildman–Crippen LogP) is 3.30. The fraction of sp³-hybridized carbons (Fsp3) is 1.00. The second-order valence-electron chi connectivity index (χ2n) is 7.65. The van der Waals surface area contributed by atoms with Crippen LogP contribution in [0.5, 0.6) is 0 Å². The van der Waals surface area contributed by atoms with Crippen molar-refractivity contribution in [3.05, 3.63) is 0 Å². The van der Waals surface area contributed by atoms with Crippen LogP contribution in [0.15, 0.2) is 0 Å². The van der Waals surface area contributed by atoms with Gasteiger partial charge in [-0.3, -0.25) is 0 Å². The SMILES string of the molecule is CC1(C)O[C@@H](CCCO)[C@@H](CO[Si](C)(C)C(C)(C)C)O1. The first kappa shape index (κ1) is 18.1. The van der Waals surface area contributed by atoms with Gasteiger partial charge in [0.15, 0.2) is 14.1 Å². The number of aliphatic hydroxyl groups is 1. The Labute approximate surface area is 124 Å². The van der Waals surface area contributed by atoms with Gasteiger partial charge in [0.25, 0.3) is 0 Å². The van der Waals surface area contributed by atoms with Gasteiger partial charge in [-0.2, -0.15) is 0 Å². The Hall–Kier alpha value is 0.0569. The minimum Gasteiger partial charge on any atom is -0.414 e. The second-order valence-corrected chi connectivity index (χ2v) is 12.5. The highest BCUT2D eigenvalue weighted by Gasteiger charge is 2.43. The van der Waals surface area contributed by atoms with Crippen LogP contribution in [0.1, 0.15) is 47.5 Å². The number of rotatable bonds is 6. The van der Waals surface area contributed by atoms with E-state index in [1.165, 1.54) is 0 Å². The minimum absolute atomic E-state index is 0.0157. The van der Waals surface area contributed by atoms with Crippen LogP contribution in [0.4, 0.5) is 0 Å². The summed E-state index contributed by atoms with van der Waals surface area (Å²) in [6.07, 6.45) is 1.53. The third kappa shape index (κ3) is 4.81. The zero-order valence-corrected chi connectivity index (χ0v) is 15.2. The normalized spacial score (nSPS) is 27.0. The number of hydrogen-bond acceptors (Lipinski definition) is 4. The van der Waals surface area contributed by atoms with E-state index in [0.717, 1.165) is 12.8 Å². The van der Waals surface area contributed by atoms with Gasteiger partial charge in [0.05, 0.1) is 12.7 Å². The first-order chi connectivity index (χ1) is 8.98. The van der Waals surface area contributed by atoms with E-state index < -0.39 is 14.1 Å². The van der Waals surface area contributed by atoms with Crippen molar-refractivity contribution in [2.45, 2.75) is 83.6 Å². The molecule has 2 atom stereocenters. The van der Waals surface area contributed by atoms with E-state index in [1.807, 2.05) is 13.8 Å². The highest BCUT2D eigenvalue weighted by atomic mass is 28.4. The number of ether oxygens (including phenoxy) is 2. The molecule has 0 aromatic rings. The van der Waals surface area contributed by atoms with Crippen LogP contribution >= 0.6 is 0 Å². The van der Waals surface area contributed by atoms with Gasteiger partial charge >= 0.3 is 0 Å². The lowest BCUT2D eigenvalue weighted by atomic mass is 10.1. The van der Waals surface area contributed by atoms with E-state index in [1.54, 1.807) is 0 Å². The molecule has 1 heterocycles. The zero-order chi connectivity index (χ0) is 15.6. The van der Waals surface area contributed by atoms with Crippen LogP contribution < -0.4 is 0 Å². The van der Waals surface area contributed by atoms with E-state index in [2.05, 4.69) is 33.9 Å². The Morgan fingerprint density at radius 1 is 1.15 bits per heavy atom. The van der Waals surface area contributed by atoms with Gasteiger partial charge in [-0.1, -0.05) is 20.8 Å². The molecule has 0 spiro atoms. The summed E-state index contributed by atoms with van der Waals surface area (Å²) < 4.78 is 18.1. The highest BCUT2D eigenvalue weighted by molar-refractivity contribution is 6.74. The standard InChI is InChI=1S/C15H32O4Si/c1-14(2,3)20(6,7)17-11-13-12(9-8-10-16)18-15(4,5)19-13/h12-13,16H,8-11H2,1-7H3/t12-,13+/m0/s1. The summed E-state index contributed by atoms with van der Waals surface area (Å²) >= 11 is 0. The Kier molecular flexibility index (Phi) is 5.83. The molecule has 1 fully saturated rings. The summed E-state index contributed by atoms with van der Waals surface area (Å²) in [5.74, 6) is -0.554. The Morgan fingerprint density at radius 3 is 2.20 bits per heavy atom. The van der Waals surface area contributed by atoms with Crippen molar-refractivity contribution in [1.29, 1.82) is 0 Å². The van der Waals surface area contributed by atoms with Crippen molar-refractivity contribution in [3.8, 4) is 0 Å². The van der Waals surface area contributed by atoms with Crippen LogP contribution in [0.2, 0.25) is 18.1 Å². The van der Waals surface area contributed by atoms with E-state index in [0.29, 0.717) is 6.61 Å². The lowest BCUT2D eigenvalue weighted by molar-refractivity contribution is -0.149. The maximum Gasteiger partial charge on any atom is 0.192 e. The van der Waals surface area contributed by atoms with Gasteiger partial charge in [-0.25, -0.2) is 0 Å². The lowest BCUT2D eigenvalue weighted by Gasteiger charge is -2.37. The average molecular weight is 305 g/mol. The van der Waals surface area contributed by atoms with E-state index >= 15 is 0 Å². The quantitative estimate of drug-likeness (QED) is 0.765. The van der Waals surface area contributed by atoms with Crippen molar-refractivity contribution in [1.82, 2.24) is 0 Å². The maximum atomic E-state index is 8.99. The minimum atomic E-state index is -1.76. The molecular weight excluding hydrogens is 272 g/mol. The molecular formula is C15H32O4Si. The van der Waals surface area contributed by atoms with Gasteiger partial charge in [-0.15, -0.1) is 0 Å². The molecule has 0 unspecified atom stereocenters. The molecule has 0 aromatic heterocycles. The molecule has 0 amide bonds. The van der Waals surface area contributed by atoms with Gasteiger partial charge in [-0.05, 0) is 44.8 Å². The molecule has 0 bridgehead atoms. The van der Waals surface area contributed by atoms with Crippen molar-refractivity contribution < 1.29 is 19.0 Å². The topological polar surface area (TPSA) is 47.9 Å². The van der Waals surface area contributed by atoms with Crippen LogP contribution in [-0.2, 0) is 13.9 Å². The summed E-state index contributed by atoms with van der Waals surface area (Å²) in [4.78, 5) is 0. The van der Waals surface area contributed by atoms with Crippen molar-refractivity contribution >= 4 is 8.32 Å². The van der Waals surface area contributed by atoms with Crippen LogP contribution in [0.25, 0.3) is 0 Å². The first-order valence-electron chi connectivity index (χ1n) is 7.59. The van der Waals surface area contributed by atoms with Crippen molar-refractivity contribution in [2.24, 2.45) is 0 Å². The van der Waals surface area contributed by atoms with Crippen LogP contribution in [-0.4, -0.2) is 44.6 Å². The Bertz CT molecular complexity index is 309. The summed E-state index contributed by atoms with van der Waals surface area (Å²) in [6.45, 7) is 15.8. The average Bonchev–Trinajstić information content (AvgIpc) is 2.57. The van der Waals surface area contributed by atoms with Crippen LogP contribution in [0, 0.1) is 0 Å². The summed E-state index contributed by atoms with van der Waals surface area (Å²) in [5.41, 5.74) is 0. The molecule has 1 saturated heterocycles. The molecule has 120 valence electrons. The van der Waals surface area contributed by atoms with Gasteiger partial charge in [0, 0.05) is 6.61 Å². The number of aliphatic hydroxyl groups excluding tert-OH is 1.